The fourth-order valence-electron chi connectivity index (χ4n) is 5.43. The number of carbonyl (C=O) groups excluding carboxylic acids is 2. The lowest BCUT2D eigenvalue weighted by atomic mass is 9.79. The molecule has 0 atom stereocenters. The zero-order valence-corrected chi connectivity index (χ0v) is 19.5. The SMILES string of the molecule is CC(C)(C)OC(=O)N1CCC(CC(=O)NCC2(N3CCCCC3)CCCCC2)CC1. The van der Waals surface area contributed by atoms with Gasteiger partial charge in [0, 0.05) is 31.6 Å². The number of nitrogens with one attached hydrogen (secondary N) is 1. The van der Waals surface area contributed by atoms with Gasteiger partial charge in [-0.1, -0.05) is 25.7 Å². The highest BCUT2D eigenvalue weighted by Gasteiger charge is 2.38. The fourth-order valence-corrected chi connectivity index (χ4v) is 5.43. The van der Waals surface area contributed by atoms with E-state index >= 15 is 0 Å². The molecule has 3 rings (SSSR count). The van der Waals surface area contributed by atoms with Gasteiger partial charge in [-0.05, 0) is 78.3 Å². The van der Waals surface area contributed by atoms with Gasteiger partial charge in [-0.3, -0.25) is 9.69 Å². The molecule has 0 unspecified atom stereocenters. The molecule has 30 heavy (non-hydrogen) atoms. The second-order valence-corrected chi connectivity index (χ2v) is 10.7. The van der Waals surface area contributed by atoms with E-state index in [4.69, 9.17) is 4.74 Å². The zero-order chi connectivity index (χ0) is 21.6. The maximum atomic E-state index is 12.7. The number of hydrogen-bond donors (Lipinski definition) is 1. The number of rotatable bonds is 5. The molecule has 2 saturated heterocycles. The summed E-state index contributed by atoms with van der Waals surface area (Å²) in [6, 6.07) is 0. The maximum Gasteiger partial charge on any atom is 0.410 e. The van der Waals surface area contributed by atoms with Crippen molar-refractivity contribution in [1.29, 1.82) is 0 Å². The van der Waals surface area contributed by atoms with E-state index in [-0.39, 0.29) is 17.5 Å². The van der Waals surface area contributed by atoms with Crippen molar-refractivity contribution >= 4 is 12.0 Å². The monoisotopic (exact) mass is 421 g/mol. The number of ether oxygens (including phenoxy) is 1. The molecule has 3 fully saturated rings. The molecular formula is C24H43N3O3. The number of likely N-dealkylation sites (tertiary alicyclic amines) is 2. The van der Waals surface area contributed by atoms with Gasteiger partial charge in [0.1, 0.15) is 5.60 Å². The van der Waals surface area contributed by atoms with E-state index < -0.39 is 5.60 Å². The van der Waals surface area contributed by atoms with Crippen LogP contribution in [-0.4, -0.2) is 65.7 Å². The quantitative estimate of drug-likeness (QED) is 0.718. The van der Waals surface area contributed by atoms with Gasteiger partial charge < -0.3 is 15.0 Å². The van der Waals surface area contributed by atoms with E-state index in [2.05, 4.69) is 10.2 Å². The summed E-state index contributed by atoms with van der Waals surface area (Å²) in [6.45, 7) is 10.2. The minimum absolute atomic E-state index is 0.188. The second-order valence-electron chi connectivity index (χ2n) is 10.7. The van der Waals surface area contributed by atoms with Gasteiger partial charge in [-0.25, -0.2) is 4.79 Å². The Kier molecular flexibility index (Phi) is 8.05. The maximum absolute atomic E-state index is 12.7. The largest absolute Gasteiger partial charge is 0.444 e. The molecule has 6 heteroatoms. The van der Waals surface area contributed by atoms with Crippen molar-refractivity contribution in [3.63, 3.8) is 0 Å². The number of carbonyl (C=O) groups is 2. The summed E-state index contributed by atoms with van der Waals surface area (Å²) in [7, 11) is 0. The summed E-state index contributed by atoms with van der Waals surface area (Å²) in [5, 5.41) is 3.32. The molecule has 0 aromatic carbocycles. The first-order valence-electron chi connectivity index (χ1n) is 12.3. The first-order chi connectivity index (χ1) is 14.3. The molecule has 2 aliphatic heterocycles. The number of hydrogen-bond acceptors (Lipinski definition) is 4. The van der Waals surface area contributed by atoms with Crippen molar-refractivity contribution in [2.45, 2.75) is 103 Å². The summed E-state index contributed by atoms with van der Waals surface area (Å²) < 4.78 is 5.47. The van der Waals surface area contributed by atoms with Crippen molar-refractivity contribution in [2.24, 2.45) is 5.92 Å². The lowest BCUT2D eigenvalue weighted by Crippen LogP contribution is -2.58. The highest BCUT2D eigenvalue weighted by molar-refractivity contribution is 5.76. The van der Waals surface area contributed by atoms with Crippen molar-refractivity contribution in [1.82, 2.24) is 15.1 Å². The van der Waals surface area contributed by atoms with Crippen LogP contribution in [-0.2, 0) is 9.53 Å². The van der Waals surface area contributed by atoms with Gasteiger partial charge in [-0.15, -0.1) is 0 Å². The molecule has 0 bridgehead atoms. The summed E-state index contributed by atoms with van der Waals surface area (Å²) in [4.78, 5) is 29.4. The minimum atomic E-state index is -0.461. The van der Waals surface area contributed by atoms with E-state index in [0.29, 0.717) is 25.4 Å². The van der Waals surface area contributed by atoms with Crippen LogP contribution >= 0.6 is 0 Å². The molecule has 0 spiro atoms. The lowest BCUT2D eigenvalue weighted by Gasteiger charge is -2.48. The molecule has 0 radical (unpaired) electrons. The molecule has 1 aliphatic carbocycles. The first kappa shape index (κ1) is 23.4. The molecule has 1 N–H and O–H groups in total. The molecule has 3 aliphatic rings. The van der Waals surface area contributed by atoms with E-state index in [9.17, 15) is 9.59 Å². The smallest absolute Gasteiger partial charge is 0.410 e. The molecule has 6 nitrogen and oxygen atoms in total. The van der Waals surface area contributed by atoms with E-state index in [1.54, 1.807) is 4.90 Å². The summed E-state index contributed by atoms with van der Waals surface area (Å²) in [5.74, 6) is 0.550. The third kappa shape index (κ3) is 6.60. The molecule has 172 valence electrons. The summed E-state index contributed by atoms with van der Waals surface area (Å²) >= 11 is 0. The van der Waals surface area contributed by atoms with Gasteiger partial charge >= 0.3 is 6.09 Å². The zero-order valence-electron chi connectivity index (χ0n) is 19.5. The van der Waals surface area contributed by atoms with Crippen molar-refractivity contribution in [3.05, 3.63) is 0 Å². The molecular weight excluding hydrogens is 378 g/mol. The van der Waals surface area contributed by atoms with Crippen molar-refractivity contribution in [2.75, 3.05) is 32.7 Å². The van der Waals surface area contributed by atoms with Gasteiger partial charge in [0.2, 0.25) is 5.91 Å². The Morgan fingerprint density at radius 2 is 1.53 bits per heavy atom. The second kappa shape index (κ2) is 10.3. The topological polar surface area (TPSA) is 61.9 Å². The Morgan fingerprint density at radius 3 is 2.13 bits per heavy atom. The Bertz CT molecular complexity index is 567. The Hall–Kier alpha value is -1.30. The number of nitrogens with zero attached hydrogens (tertiary/aromatic N) is 2. The van der Waals surface area contributed by atoms with Crippen LogP contribution in [0.3, 0.4) is 0 Å². The van der Waals surface area contributed by atoms with Crippen LogP contribution in [0.5, 0.6) is 0 Å². The number of piperidine rings is 2. The minimum Gasteiger partial charge on any atom is -0.444 e. The van der Waals surface area contributed by atoms with Crippen molar-refractivity contribution < 1.29 is 14.3 Å². The highest BCUT2D eigenvalue weighted by Crippen LogP contribution is 2.35. The normalized spacial score (nSPS) is 23.8. The fraction of sp³-hybridized carbons (Fsp3) is 0.917. The first-order valence-corrected chi connectivity index (χ1v) is 12.3. The van der Waals surface area contributed by atoms with Gasteiger partial charge in [0.05, 0.1) is 0 Å². The van der Waals surface area contributed by atoms with Crippen LogP contribution < -0.4 is 5.32 Å². The lowest BCUT2D eigenvalue weighted by molar-refractivity contribution is -0.123. The van der Waals surface area contributed by atoms with Crippen molar-refractivity contribution in [3.8, 4) is 0 Å². The van der Waals surface area contributed by atoms with Crippen LogP contribution in [0.15, 0.2) is 0 Å². The van der Waals surface area contributed by atoms with Crippen LogP contribution in [0.2, 0.25) is 0 Å². The molecule has 0 aromatic heterocycles. The van der Waals surface area contributed by atoms with E-state index in [1.165, 1.54) is 64.5 Å². The molecule has 2 amide bonds. The van der Waals surface area contributed by atoms with Gasteiger partial charge in [-0.2, -0.15) is 0 Å². The van der Waals surface area contributed by atoms with E-state index in [0.717, 1.165) is 19.4 Å². The molecule has 2 heterocycles. The van der Waals surface area contributed by atoms with Crippen LogP contribution in [0, 0.1) is 5.92 Å². The summed E-state index contributed by atoms with van der Waals surface area (Å²) in [5.41, 5.74) is -0.272. The highest BCUT2D eigenvalue weighted by atomic mass is 16.6. The Labute approximate surface area is 183 Å². The summed E-state index contributed by atoms with van der Waals surface area (Å²) in [6.07, 6.45) is 12.4. The third-order valence-electron chi connectivity index (χ3n) is 7.17. The van der Waals surface area contributed by atoms with Gasteiger partial charge in [0.15, 0.2) is 0 Å². The van der Waals surface area contributed by atoms with Crippen LogP contribution in [0.25, 0.3) is 0 Å². The predicted molar refractivity (Wildman–Crippen MR) is 119 cm³/mol. The van der Waals surface area contributed by atoms with Gasteiger partial charge in [0.25, 0.3) is 0 Å². The van der Waals surface area contributed by atoms with Crippen LogP contribution in [0.1, 0.15) is 91.4 Å². The number of amides is 2. The Morgan fingerprint density at radius 1 is 0.933 bits per heavy atom. The predicted octanol–water partition coefficient (Wildman–Crippen LogP) is 4.33. The molecule has 0 aromatic rings. The molecule has 1 saturated carbocycles. The average Bonchev–Trinajstić information content (AvgIpc) is 2.73. The Balaban J connectivity index is 1.43. The van der Waals surface area contributed by atoms with Crippen LogP contribution in [0.4, 0.5) is 4.79 Å². The van der Waals surface area contributed by atoms with E-state index in [1.807, 2.05) is 20.8 Å². The third-order valence-corrected chi connectivity index (χ3v) is 7.17. The standard InChI is InChI=1S/C24H43N3O3/c1-23(2,3)30-22(29)26-16-10-20(11-17-26)18-21(28)25-19-24(12-6-4-7-13-24)27-14-8-5-9-15-27/h20H,4-19H2,1-3H3,(H,25,28). The average molecular weight is 422 g/mol.